The van der Waals surface area contributed by atoms with E-state index in [4.69, 9.17) is 16.1 Å². The number of nitrogens with zero attached hydrogens (tertiary/aromatic N) is 1. The van der Waals surface area contributed by atoms with Crippen LogP contribution < -0.4 is 10.9 Å². The van der Waals surface area contributed by atoms with E-state index in [9.17, 15) is 14.0 Å². The lowest BCUT2D eigenvalue weighted by atomic mass is 10.1. The van der Waals surface area contributed by atoms with Gasteiger partial charge in [-0.1, -0.05) is 53.2 Å². The number of rotatable bonds is 4. The van der Waals surface area contributed by atoms with Gasteiger partial charge < -0.3 is 4.52 Å². The molecule has 0 fully saturated rings. The Kier molecular flexibility index (Phi) is 5.52. The van der Waals surface area contributed by atoms with Crippen molar-refractivity contribution in [2.45, 2.75) is 13.3 Å². The summed E-state index contributed by atoms with van der Waals surface area (Å²) in [7, 11) is 0. The Morgan fingerprint density at radius 1 is 1.11 bits per heavy atom. The number of hydrogen-bond donors (Lipinski definition) is 2. The van der Waals surface area contributed by atoms with Crippen molar-refractivity contribution in [2.24, 2.45) is 0 Å². The average Bonchev–Trinajstić information content (AvgIpc) is 3.02. The van der Waals surface area contributed by atoms with Gasteiger partial charge in [0.15, 0.2) is 0 Å². The molecule has 0 saturated carbocycles. The van der Waals surface area contributed by atoms with Crippen molar-refractivity contribution in [2.75, 3.05) is 0 Å². The summed E-state index contributed by atoms with van der Waals surface area (Å²) in [6.45, 7) is 1.51. The second kappa shape index (κ2) is 8.01. The number of aromatic nitrogens is 1. The van der Waals surface area contributed by atoms with Crippen LogP contribution in [0.2, 0.25) is 5.02 Å². The third-order valence-corrected chi connectivity index (χ3v) is 4.13. The van der Waals surface area contributed by atoms with Gasteiger partial charge in [-0.3, -0.25) is 20.4 Å². The van der Waals surface area contributed by atoms with E-state index in [1.807, 2.05) is 18.2 Å². The fourth-order valence-electron chi connectivity index (χ4n) is 2.55. The van der Waals surface area contributed by atoms with Crippen LogP contribution in [0.5, 0.6) is 0 Å². The second-order valence-corrected chi connectivity index (χ2v) is 6.13. The van der Waals surface area contributed by atoms with Crippen LogP contribution in [0.4, 0.5) is 4.39 Å². The van der Waals surface area contributed by atoms with Crippen molar-refractivity contribution in [3.63, 3.8) is 0 Å². The molecule has 0 atom stereocenters. The van der Waals surface area contributed by atoms with Crippen LogP contribution in [0.3, 0.4) is 0 Å². The Morgan fingerprint density at radius 3 is 2.56 bits per heavy atom. The SMILES string of the molecule is Cc1onc(-c2c(F)cccc2Cl)c1C(=O)NNC(=O)Cc1ccccc1. The van der Waals surface area contributed by atoms with Crippen LogP contribution in [0.1, 0.15) is 21.7 Å². The summed E-state index contributed by atoms with van der Waals surface area (Å²) in [4.78, 5) is 24.5. The maximum atomic E-state index is 14.2. The van der Waals surface area contributed by atoms with E-state index in [-0.39, 0.29) is 34.0 Å². The molecule has 8 heteroatoms. The minimum Gasteiger partial charge on any atom is -0.360 e. The molecular formula is C19H15ClFN3O3. The van der Waals surface area contributed by atoms with Crippen LogP contribution in [0, 0.1) is 12.7 Å². The minimum atomic E-state index is -0.690. The Morgan fingerprint density at radius 2 is 1.85 bits per heavy atom. The highest BCUT2D eigenvalue weighted by atomic mass is 35.5. The van der Waals surface area contributed by atoms with E-state index in [0.29, 0.717) is 0 Å². The number of amides is 2. The molecule has 138 valence electrons. The molecule has 0 aliphatic rings. The van der Waals surface area contributed by atoms with E-state index in [0.717, 1.165) is 5.56 Å². The van der Waals surface area contributed by atoms with Crippen molar-refractivity contribution < 1.29 is 18.5 Å². The number of hydrazine groups is 1. The largest absolute Gasteiger partial charge is 0.360 e. The third-order valence-electron chi connectivity index (χ3n) is 3.81. The fourth-order valence-corrected chi connectivity index (χ4v) is 2.80. The van der Waals surface area contributed by atoms with Gasteiger partial charge in [-0.15, -0.1) is 0 Å². The number of carbonyl (C=O) groups is 2. The third kappa shape index (κ3) is 4.15. The second-order valence-electron chi connectivity index (χ2n) is 5.72. The monoisotopic (exact) mass is 387 g/mol. The maximum Gasteiger partial charge on any atom is 0.275 e. The molecule has 0 radical (unpaired) electrons. The summed E-state index contributed by atoms with van der Waals surface area (Å²) in [5.41, 5.74) is 5.31. The predicted molar refractivity (Wildman–Crippen MR) is 97.4 cm³/mol. The minimum absolute atomic E-state index is 0.0120. The highest BCUT2D eigenvalue weighted by molar-refractivity contribution is 6.33. The molecule has 0 saturated heterocycles. The smallest absolute Gasteiger partial charge is 0.275 e. The van der Waals surface area contributed by atoms with Gasteiger partial charge in [0.1, 0.15) is 22.8 Å². The first-order chi connectivity index (χ1) is 13.0. The van der Waals surface area contributed by atoms with Crippen molar-refractivity contribution in [3.05, 3.63) is 76.3 Å². The van der Waals surface area contributed by atoms with Gasteiger partial charge >= 0.3 is 0 Å². The molecule has 1 heterocycles. The molecule has 2 aromatic carbocycles. The zero-order valence-electron chi connectivity index (χ0n) is 14.3. The Balaban J connectivity index is 1.76. The number of aryl methyl sites for hydroxylation is 1. The van der Waals surface area contributed by atoms with E-state index >= 15 is 0 Å². The molecule has 27 heavy (non-hydrogen) atoms. The molecule has 6 nitrogen and oxygen atoms in total. The molecule has 0 aliphatic heterocycles. The Labute approximate surface area is 159 Å². The Hall–Kier alpha value is -3.19. The fraction of sp³-hybridized carbons (Fsp3) is 0.105. The summed E-state index contributed by atoms with van der Waals surface area (Å²) in [5, 5.41) is 3.84. The first-order valence-corrected chi connectivity index (χ1v) is 8.39. The Bertz CT molecular complexity index is 969. The van der Waals surface area contributed by atoms with Gasteiger partial charge in [-0.25, -0.2) is 4.39 Å². The van der Waals surface area contributed by atoms with Gasteiger partial charge in [-0.05, 0) is 24.6 Å². The number of halogens is 2. The lowest BCUT2D eigenvalue weighted by Gasteiger charge is -2.09. The van der Waals surface area contributed by atoms with Gasteiger partial charge in [0.2, 0.25) is 5.91 Å². The van der Waals surface area contributed by atoms with Gasteiger partial charge in [0.05, 0.1) is 17.0 Å². The van der Waals surface area contributed by atoms with Crippen LogP contribution in [0.15, 0.2) is 53.1 Å². The molecule has 3 aromatic rings. The maximum absolute atomic E-state index is 14.2. The van der Waals surface area contributed by atoms with Gasteiger partial charge in [0, 0.05) is 0 Å². The molecule has 2 N–H and O–H groups in total. The molecule has 0 unspecified atom stereocenters. The number of hydrogen-bond acceptors (Lipinski definition) is 4. The van der Waals surface area contributed by atoms with Crippen molar-refractivity contribution >= 4 is 23.4 Å². The lowest BCUT2D eigenvalue weighted by Crippen LogP contribution is -2.42. The topological polar surface area (TPSA) is 84.2 Å². The van der Waals surface area contributed by atoms with Crippen molar-refractivity contribution in [1.82, 2.24) is 16.0 Å². The first kappa shape index (κ1) is 18.6. The normalized spacial score (nSPS) is 10.5. The van der Waals surface area contributed by atoms with Crippen LogP contribution in [-0.2, 0) is 11.2 Å². The summed E-state index contributed by atoms with van der Waals surface area (Å²) in [6.07, 6.45) is 0.0930. The number of nitrogens with one attached hydrogen (secondary N) is 2. The highest BCUT2D eigenvalue weighted by Crippen LogP contribution is 2.33. The number of carbonyl (C=O) groups excluding carboxylic acids is 2. The molecule has 1 aromatic heterocycles. The zero-order valence-corrected chi connectivity index (χ0v) is 15.0. The summed E-state index contributed by atoms with van der Waals surface area (Å²) in [6, 6.07) is 13.2. The van der Waals surface area contributed by atoms with Crippen LogP contribution >= 0.6 is 11.6 Å². The molecule has 0 bridgehead atoms. The summed E-state index contributed by atoms with van der Waals surface area (Å²) < 4.78 is 19.2. The van der Waals surface area contributed by atoms with E-state index in [1.165, 1.54) is 25.1 Å². The van der Waals surface area contributed by atoms with E-state index in [2.05, 4.69) is 16.0 Å². The lowest BCUT2D eigenvalue weighted by molar-refractivity contribution is -0.121. The molecular weight excluding hydrogens is 373 g/mol. The molecule has 0 spiro atoms. The van der Waals surface area contributed by atoms with E-state index < -0.39 is 17.6 Å². The van der Waals surface area contributed by atoms with Crippen LogP contribution in [-0.4, -0.2) is 17.0 Å². The quantitative estimate of drug-likeness (QED) is 0.671. The first-order valence-electron chi connectivity index (χ1n) is 8.01. The van der Waals surface area contributed by atoms with Crippen molar-refractivity contribution in [1.29, 1.82) is 0 Å². The average molecular weight is 388 g/mol. The predicted octanol–water partition coefficient (Wildman–Crippen LogP) is 3.45. The van der Waals surface area contributed by atoms with E-state index in [1.54, 1.807) is 12.1 Å². The van der Waals surface area contributed by atoms with Gasteiger partial charge in [-0.2, -0.15) is 0 Å². The molecule has 2 amide bonds. The summed E-state index contributed by atoms with van der Waals surface area (Å²) in [5.74, 6) is -1.57. The zero-order chi connectivity index (χ0) is 19.4. The highest BCUT2D eigenvalue weighted by Gasteiger charge is 2.25. The number of benzene rings is 2. The molecule has 0 aliphatic carbocycles. The van der Waals surface area contributed by atoms with Gasteiger partial charge in [0.25, 0.3) is 5.91 Å². The molecule has 3 rings (SSSR count). The van der Waals surface area contributed by atoms with Crippen molar-refractivity contribution in [3.8, 4) is 11.3 Å². The van der Waals surface area contributed by atoms with Crippen LogP contribution in [0.25, 0.3) is 11.3 Å². The summed E-state index contributed by atoms with van der Waals surface area (Å²) >= 11 is 6.04. The standard InChI is InChI=1S/C19H15ClFN3O3/c1-11-16(18(24-27-11)17-13(20)8-5-9-14(17)21)19(26)23-22-15(25)10-12-6-3-2-4-7-12/h2-9H,10H2,1H3,(H,22,25)(H,23,26).